The molecule has 0 amide bonds. The molecule has 6 aromatic heterocycles. The Bertz CT molecular complexity index is 7560. The van der Waals surface area contributed by atoms with Gasteiger partial charge in [-0.15, -0.1) is 0 Å². The molecule has 130 heavy (non-hydrogen) atoms. The Labute approximate surface area is 752 Å². The van der Waals surface area contributed by atoms with E-state index in [0.717, 1.165) is 133 Å². The summed E-state index contributed by atoms with van der Waals surface area (Å²) < 4.78 is 0. The lowest BCUT2D eigenvalue weighted by atomic mass is 9.91. The molecule has 0 unspecified atom stereocenters. The molecule has 9 heteroatoms. The normalized spacial score (nSPS) is 11.2. The maximum Gasteiger partial charge on any atom is 0.164 e. The average Bonchev–Trinajstić information content (AvgIpc) is 0.748. The number of hydrogen-bond donors (Lipinski definition) is 0. The van der Waals surface area contributed by atoms with Gasteiger partial charge in [0, 0.05) is 102 Å². The zero-order chi connectivity index (χ0) is 86.5. The van der Waals surface area contributed by atoms with E-state index >= 15 is 0 Å². The first kappa shape index (κ1) is 78.4. The predicted octanol–water partition coefficient (Wildman–Crippen LogP) is 31.0. The van der Waals surface area contributed by atoms with Crippen molar-refractivity contribution in [3.05, 3.63) is 480 Å². The van der Waals surface area contributed by atoms with Crippen LogP contribution in [0, 0.1) is 0 Å². The van der Waals surface area contributed by atoms with Crippen LogP contribution in [0.2, 0.25) is 0 Å². The summed E-state index contributed by atoms with van der Waals surface area (Å²) in [6, 6.07) is 158. The van der Waals surface area contributed by atoms with Gasteiger partial charge in [-0.05, 0) is 135 Å². The van der Waals surface area contributed by atoms with Crippen molar-refractivity contribution < 1.29 is 0 Å². The van der Waals surface area contributed by atoms with Crippen LogP contribution < -0.4 is 0 Å². The number of nitrogens with zero attached hydrogens (tertiary/aromatic N) is 9. The van der Waals surface area contributed by atoms with Gasteiger partial charge < -0.3 is 0 Å². The van der Waals surface area contributed by atoms with Gasteiger partial charge in [-0.2, -0.15) is 0 Å². The van der Waals surface area contributed by atoms with E-state index in [4.69, 9.17) is 44.9 Å². The number of fused-ring (bicyclic) bond motifs is 7. The molecule has 0 spiro atoms. The van der Waals surface area contributed by atoms with Crippen LogP contribution in [0.4, 0.5) is 0 Å². The van der Waals surface area contributed by atoms with E-state index < -0.39 is 0 Å². The Hall–Kier alpha value is -17.5. The Kier molecular flexibility index (Phi) is 21.3. The topological polar surface area (TPSA) is 116 Å². The summed E-state index contributed by atoms with van der Waals surface area (Å²) >= 11 is 0. The second-order valence-corrected chi connectivity index (χ2v) is 32.2. The molecule has 0 bridgehead atoms. The van der Waals surface area contributed by atoms with Crippen molar-refractivity contribution in [2.24, 2.45) is 0 Å². The first-order chi connectivity index (χ1) is 64.4. The fraction of sp³-hybridized carbons (Fsp3) is 0. The molecule has 0 atom stereocenters. The molecule has 6 heterocycles. The van der Waals surface area contributed by atoms with Crippen LogP contribution >= 0.6 is 0 Å². The van der Waals surface area contributed by atoms with Crippen molar-refractivity contribution in [3.8, 4) is 158 Å². The zero-order valence-corrected chi connectivity index (χ0v) is 70.6. The molecule has 0 radical (unpaired) electrons. The molecule has 24 rings (SSSR count). The molecule has 0 aliphatic rings. The van der Waals surface area contributed by atoms with Crippen molar-refractivity contribution in [3.63, 3.8) is 0 Å². The van der Waals surface area contributed by atoms with Crippen LogP contribution in [-0.4, -0.2) is 44.9 Å². The summed E-state index contributed by atoms with van der Waals surface area (Å²) in [7, 11) is 0. The van der Waals surface area contributed by atoms with Crippen molar-refractivity contribution in [2.75, 3.05) is 0 Å². The van der Waals surface area contributed by atoms with Crippen LogP contribution in [0.25, 0.3) is 233 Å². The molecule has 0 aliphatic heterocycles. The number of aromatic nitrogens is 9. The Balaban J connectivity index is 0.000000117. The van der Waals surface area contributed by atoms with Crippen molar-refractivity contribution in [1.29, 1.82) is 0 Å². The molecule has 608 valence electrons. The second kappa shape index (κ2) is 35.2. The quantitative estimate of drug-likeness (QED) is 0.105. The maximum atomic E-state index is 5.13. The van der Waals surface area contributed by atoms with Gasteiger partial charge in [0.05, 0.1) is 34.2 Å². The second-order valence-electron chi connectivity index (χ2n) is 32.2. The molecule has 9 nitrogen and oxygen atoms in total. The van der Waals surface area contributed by atoms with Gasteiger partial charge in [-0.25, -0.2) is 24.9 Å². The van der Waals surface area contributed by atoms with Crippen LogP contribution in [0.5, 0.6) is 0 Å². The van der Waals surface area contributed by atoms with Crippen LogP contribution in [0.15, 0.2) is 480 Å². The summed E-state index contributed by atoms with van der Waals surface area (Å²) in [6.45, 7) is 0. The van der Waals surface area contributed by atoms with Crippen LogP contribution in [0.3, 0.4) is 0 Å². The lowest BCUT2D eigenvalue weighted by molar-refractivity contribution is 1.07. The minimum atomic E-state index is 0.602. The van der Waals surface area contributed by atoms with Gasteiger partial charge in [0.15, 0.2) is 23.3 Å². The highest BCUT2D eigenvalue weighted by molar-refractivity contribution is 6.11. The Morgan fingerprint density at radius 1 is 0.131 bits per heavy atom. The van der Waals surface area contributed by atoms with Crippen LogP contribution in [0.1, 0.15) is 0 Å². The first-order valence-corrected chi connectivity index (χ1v) is 43.7. The molecule has 0 saturated carbocycles. The minimum Gasteiger partial charge on any atom is -0.256 e. The summed E-state index contributed by atoms with van der Waals surface area (Å²) in [5.41, 5.74) is 25.1. The van der Waals surface area contributed by atoms with E-state index in [9.17, 15) is 0 Å². The van der Waals surface area contributed by atoms with Gasteiger partial charge in [-0.3, -0.25) is 19.9 Å². The van der Waals surface area contributed by atoms with Crippen molar-refractivity contribution in [2.45, 2.75) is 0 Å². The standard InChI is InChI=1S/C49H31N5.C37H25N.C35H23N3/c1-4-12-41-32(8-1)11-7-15-42(41)35-16-22-38(23-17-35)47-52-48(39-24-18-36(19-25-39)45-43-13-5-2-9-33(43)28-30-50-45)54-49(53-47)40-26-20-37(21-27-40)46-44-14-6-3-10-34(44)29-31-51-46;1-3-12-26(13-4-1)29-22-30(27-14-5-2-6-15-27)24-31(23-29)37-35-20-10-9-19-34(35)36(25-38-37)33-21-11-17-28-16-7-8-18-32(28)33;1-3-13-25(14-4-1)32-22-33(38-35(37-32)26-15-5-2-6-16-26)34-30-20-10-9-19-29(30)31(23-36-34)28-21-11-17-24-12-7-8-18-27(24)28/h1-31H;1-25H;1-23H. The van der Waals surface area contributed by atoms with Gasteiger partial charge >= 0.3 is 0 Å². The number of hydrogen-bond acceptors (Lipinski definition) is 9. The third-order valence-electron chi connectivity index (χ3n) is 24.3. The lowest BCUT2D eigenvalue weighted by Crippen LogP contribution is -2.00. The highest BCUT2D eigenvalue weighted by Crippen LogP contribution is 2.43. The van der Waals surface area contributed by atoms with E-state index in [-0.39, 0.29) is 0 Å². The summed E-state index contributed by atoms with van der Waals surface area (Å²) in [5, 5.41) is 16.5. The summed E-state index contributed by atoms with van der Waals surface area (Å²) in [4.78, 5) is 44.8. The highest BCUT2D eigenvalue weighted by atomic mass is 15.0. The molecule has 0 saturated heterocycles. The fourth-order valence-electron chi connectivity index (χ4n) is 17.9. The largest absolute Gasteiger partial charge is 0.256 e. The van der Waals surface area contributed by atoms with Crippen LogP contribution in [-0.2, 0) is 0 Å². The van der Waals surface area contributed by atoms with E-state index in [2.05, 4.69) is 394 Å². The SMILES string of the molecule is c1ccc(-c2cc(-c3ccccc3)cc(-c3ncc(-c4cccc5ccccc45)c4ccccc34)c2)cc1.c1ccc(-c2cc(-c3ncc(-c4cccc5ccccc45)c4ccccc34)nc(-c3ccccc3)n2)cc1.c1ccc2c(-c3ccc(-c4nc(-c5ccc(-c6nccc7ccccc67)cc5)nc(-c5ccc(-c6nccc7ccccc67)cc5)n4)cc3)cccc2c1. The van der Waals surface area contributed by atoms with Gasteiger partial charge in [0.25, 0.3) is 0 Å². The monoisotopic (exact) mass is 1660 g/mol. The van der Waals surface area contributed by atoms with E-state index in [1.807, 2.05) is 85.3 Å². The first-order valence-electron chi connectivity index (χ1n) is 43.7. The molecule has 18 aromatic carbocycles. The van der Waals surface area contributed by atoms with Crippen molar-refractivity contribution in [1.82, 2.24) is 44.9 Å². The van der Waals surface area contributed by atoms with E-state index in [1.165, 1.54) is 76.6 Å². The predicted molar refractivity (Wildman–Crippen MR) is 538 cm³/mol. The third kappa shape index (κ3) is 15.8. The minimum absolute atomic E-state index is 0.602. The number of benzene rings is 18. The van der Waals surface area contributed by atoms with E-state index in [0.29, 0.717) is 23.3 Å². The molecule has 0 fully saturated rings. The zero-order valence-electron chi connectivity index (χ0n) is 70.6. The summed E-state index contributed by atoms with van der Waals surface area (Å²) in [6.07, 6.45) is 7.77. The maximum absolute atomic E-state index is 5.13. The number of rotatable bonds is 14. The molecule has 0 aliphatic carbocycles. The summed E-state index contributed by atoms with van der Waals surface area (Å²) in [5.74, 6) is 2.50. The molecule has 0 N–H and O–H groups in total. The van der Waals surface area contributed by atoms with Gasteiger partial charge in [0.2, 0.25) is 0 Å². The lowest BCUT2D eigenvalue weighted by Gasteiger charge is -2.15. The van der Waals surface area contributed by atoms with Crippen molar-refractivity contribution >= 4 is 75.4 Å². The number of pyridine rings is 4. The smallest absolute Gasteiger partial charge is 0.164 e. The Morgan fingerprint density at radius 2 is 0.415 bits per heavy atom. The van der Waals surface area contributed by atoms with Gasteiger partial charge in [-0.1, -0.05) is 419 Å². The third-order valence-corrected chi connectivity index (χ3v) is 24.3. The molecule has 24 aromatic rings. The van der Waals surface area contributed by atoms with Gasteiger partial charge in [0.1, 0.15) is 0 Å². The average molecular weight is 1660 g/mol. The molecular weight excluding hydrogens is 1580 g/mol. The molecular formula is C121H79N9. The fourth-order valence-corrected chi connectivity index (χ4v) is 17.9. The Morgan fingerprint density at radius 3 is 0.854 bits per heavy atom. The van der Waals surface area contributed by atoms with E-state index in [1.54, 1.807) is 0 Å². The highest BCUT2D eigenvalue weighted by Gasteiger charge is 2.22.